The molecule has 7 N–H and O–H groups in total. The maximum atomic E-state index is 12.3. The number of nitrogens with one attached hydrogen (secondary N) is 3. The van der Waals surface area contributed by atoms with Crippen LogP contribution in [0.2, 0.25) is 0 Å². The Bertz CT molecular complexity index is 590. The monoisotopic (exact) mass is 436 g/mol. The van der Waals surface area contributed by atoms with E-state index in [9.17, 15) is 4.79 Å². The molecule has 0 bridgehead atoms. The van der Waals surface area contributed by atoms with Crippen molar-refractivity contribution in [3.05, 3.63) is 0 Å². The zero-order chi connectivity index (χ0) is 23.0. The molecule has 0 aromatic carbocycles. The molecule has 6 atom stereocenters. The fourth-order valence-electron chi connectivity index (χ4n) is 5.76. The summed E-state index contributed by atoms with van der Waals surface area (Å²) in [5.74, 6) is 0.805. The molecule has 3 aliphatic rings. The van der Waals surface area contributed by atoms with Gasteiger partial charge in [0.15, 0.2) is 0 Å². The van der Waals surface area contributed by atoms with Gasteiger partial charge in [-0.3, -0.25) is 25.6 Å². The van der Waals surface area contributed by atoms with E-state index in [0.29, 0.717) is 24.4 Å². The first kappa shape index (κ1) is 24.9. The highest BCUT2D eigenvalue weighted by molar-refractivity contribution is 5.77. The smallest absolute Gasteiger partial charge is 0.224 e. The van der Waals surface area contributed by atoms with Gasteiger partial charge in [-0.25, -0.2) is 0 Å². The molecule has 0 radical (unpaired) electrons. The van der Waals surface area contributed by atoms with Crippen LogP contribution in [0.5, 0.6) is 0 Å². The minimum absolute atomic E-state index is 0.0277. The van der Waals surface area contributed by atoms with Crippen LogP contribution in [0.4, 0.5) is 0 Å². The Hall–Kier alpha value is -0.730. The lowest BCUT2D eigenvalue weighted by Gasteiger charge is -2.49. The third kappa shape index (κ3) is 6.41. The molecule has 1 saturated carbocycles. The zero-order valence-electron chi connectivity index (χ0n) is 20.7. The number of nitrogens with two attached hydrogens (primary N) is 2. The number of hydrogen-bond donors (Lipinski definition) is 5. The number of piperidine rings is 1. The lowest BCUT2D eigenvalue weighted by Crippen LogP contribution is -2.72. The lowest BCUT2D eigenvalue weighted by molar-refractivity contribution is -0.125. The van der Waals surface area contributed by atoms with Gasteiger partial charge in [0.1, 0.15) is 6.29 Å². The molecule has 2 saturated heterocycles. The van der Waals surface area contributed by atoms with Crippen molar-refractivity contribution in [2.24, 2.45) is 40.1 Å². The number of rotatable bonds is 4. The first-order valence-corrected chi connectivity index (χ1v) is 12.4. The molecule has 0 spiro atoms. The Morgan fingerprint density at radius 1 is 1.03 bits per heavy atom. The zero-order valence-corrected chi connectivity index (χ0v) is 20.7. The molecule has 1 amide bonds. The van der Waals surface area contributed by atoms with Crippen LogP contribution in [0.15, 0.2) is 0 Å². The van der Waals surface area contributed by atoms with E-state index < -0.39 is 0 Å². The summed E-state index contributed by atoms with van der Waals surface area (Å²) < 4.78 is 0. The number of primary amides is 1. The van der Waals surface area contributed by atoms with Crippen molar-refractivity contribution in [3.8, 4) is 0 Å². The third-order valence-electron chi connectivity index (χ3n) is 8.06. The van der Waals surface area contributed by atoms with Crippen LogP contribution >= 0.6 is 0 Å². The standard InChI is InChI=1S/C24H48N6O/c1-23(2,3)15-10-16(24(4,5)6)12-18(11-15)28-21-19(20(26)31)13-27-22(29-21)30-9-7-8-17(25)14-30/h15-19,21-22,27-29H,7-14,25H2,1-6H3,(H2,26,31). The Labute approximate surface area is 189 Å². The number of nitrogens with zero attached hydrogens (tertiary/aromatic N) is 1. The summed E-state index contributed by atoms with van der Waals surface area (Å²) in [6, 6.07) is 0.597. The highest BCUT2D eigenvalue weighted by atomic mass is 16.1. The fourth-order valence-corrected chi connectivity index (χ4v) is 5.76. The van der Waals surface area contributed by atoms with Crippen LogP contribution in [0.3, 0.4) is 0 Å². The average molecular weight is 437 g/mol. The number of likely N-dealkylation sites (tertiary alicyclic amines) is 1. The molecule has 0 aromatic heterocycles. The largest absolute Gasteiger partial charge is 0.369 e. The summed E-state index contributed by atoms with van der Waals surface area (Å²) in [5, 5.41) is 11.0. The van der Waals surface area contributed by atoms with Gasteiger partial charge < -0.3 is 11.5 Å². The van der Waals surface area contributed by atoms with Crippen LogP contribution < -0.4 is 27.4 Å². The third-order valence-corrected chi connectivity index (χ3v) is 8.06. The maximum Gasteiger partial charge on any atom is 0.224 e. The van der Waals surface area contributed by atoms with Gasteiger partial charge in [0.25, 0.3) is 0 Å². The normalized spacial score (nSPS) is 38.7. The SMILES string of the molecule is CC(C)(C)C1CC(NC2NC(N3CCCC(N)C3)NCC2C(N)=O)CC(C(C)(C)C)C1. The average Bonchev–Trinajstić information content (AvgIpc) is 2.66. The van der Waals surface area contributed by atoms with E-state index >= 15 is 0 Å². The van der Waals surface area contributed by atoms with Crippen LogP contribution in [-0.4, -0.2) is 55.0 Å². The molecular weight excluding hydrogens is 388 g/mol. The van der Waals surface area contributed by atoms with Gasteiger partial charge in [0.05, 0.1) is 12.1 Å². The molecule has 3 fully saturated rings. The molecule has 180 valence electrons. The first-order chi connectivity index (χ1) is 14.3. The predicted octanol–water partition coefficient (Wildman–Crippen LogP) is 1.78. The highest BCUT2D eigenvalue weighted by Gasteiger charge is 2.42. The minimum Gasteiger partial charge on any atom is -0.369 e. The Morgan fingerprint density at radius 3 is 2.16 bits per heavy atom. The van der Waals surface area contributed by atoms with E-state index in [1.165, 1.54) is 6.42 Å². The summed E-state index contributed by atoms with van der Waals surface area (Å²) in [5.41, 5.74) is 12.6. The Morgan fingerprint density at radius 2 is 1.65 bits per heavy atom. The Kier molecular flexibility index (Phi) is 7.74. The molecule has 7 heteroatoms. The van der Waals surface area contributed by atoms with E-state index in [2.05, 4.69) is 62.4 Å². The summed E-state index contributed by atoms with van der Waals surface area (Å²) >= 11 is 0. The Balaban J connectivity index is 1.73. The number of amides is 1. The molecule has 31 heavy (non-hydrogen) atoms. The van der Waals surface area contributed by atoms with E-state index in [-0.39, 0.29) is 41.2 Å². The minimum atomic E-state index is -0.266. The predicted molar refractivity (Wildman–Crippen MR) is 127 cm³/mol. The van der Waals surface area contributed by atoms with Crippen LogP contribution in [-0.2, 0) is 4.79 Å². The van der Waals surface area contributed by atoms with Crippen LogP contribution in [0, 0.1) is 28.6 Å². The summed E-state index contributed by atoms with van der Waals surface area (Å²) in [6.07, 6.45) is 5.67. The van der Waals surface area contributed by atoms with Gasteiger partial charge in [0, 0.05) is 31.7 Å². The fraction of sp³-hybridized carbons (Fsp3) is 0.958. The van der Waals surface area contributed by atoms with Gasteiger partial charge in [-0.05, 0) is 54.8 Å². The maximum absolute atomic E-state index is 12.3. The topological polar surface area (TPSA) is 108 Å². The molecule has 1 aliphatic carbocycles. The lowest BCUT2D eigenvalue weighted by atomic mass is 9.62. The highest BCUT2D eigenvalue weighted by Crippen LogP contribution is 2.46. The molecule has 2 heterocycles. The van der Waals surface area contributed by atoms with Gasteiger partial charge in [-0.1, -0.05) is 41.5 Å². The van der Waals surface area contributed by atoms with Gasteiger partial charge in [0.2, 0.25) is 5.91 Å². The molecule has 6 unspecified atom stereocenters. The van der Waals surface area contributed by atoms with E-state index in [4.69, 9.17) is 11.5 Å². The molecule has 2 aliphatic heterocycles. The molecule has 0 aromatic rings. The second-order valence-electron chi connectivity index (χ2n) is 12.6. The molecule has 7 nitrogen and oxygen atoms in total. The van der Waals surface area contributed by atoms with Crippen LogP contribution in [0.25, 0.3) is 0 Å². The summed E-state index contributed by atoms with van der Waals surface area (Å²) in [7, 11) is 0. The van der Waals surface area contributed by atoms with Gasteiger partial charge in [-0.15, -0.1) is 0 Å². The molecular formula is C24H48N6O. The van der Waals surface area contributed by atoms with E-state index in [1.54, 1.807) is 0 Å². The number of carbonyl (C=O) groups excluding carboxylic acids is 1. The second-order valence-corrected chi connectivity index (χ2v) is 12.6. The number of hydrogen-bond acceptors (Lipinski definition) is 6. The summed E-state index contributed by atoms with van der Waals surface area (Å²) in [4.78, 5) is 14.6. The van der Waals surface area contributed by atoms with Crippen molar-refractivity contribution in [1.82, 2.24) is 20.9 Å². The van der Waals surface area contributed by atoms with Crippen molar-refractivity contribution >= 4 is 5.91 Å². The van der Waals surface area contributed by atoms with Crippen molar-refractivity contribution in [2.75, 3.05) is 19.6 Å². The van der Waals surface area contributed by atoms with E-state index in [1.807, 2.05) is 0 Å². The van der Waals surface area contributed by atoms with Crippen molar-refractivity contribution in [2.45, 2.75) is 98.2 Å². The van der Waals surface area contributed by atoms with Crippen LogP contribution in [0.1, 0.15) is 73.6 Å². The summed E-state index contributed by atoms with van der Waals surface area (Å²) in [6.45, 7) is 16.7. The first-order valence-electron chi connectivity index (χ1n) is 12.4. The van der Waals surface area contributed by atoms with Crippen molar-refractivity contribution in [3.63, 3.8) is 0 Å². The van der Waals surface area contributed by atoms with Crippen molar-refractivity contribution < 1.29 is 4.79 Å². The quantitative estimate of drug-likeness (QED) is 0.460. The van der Waals surface area contributed by atoms with Gasteiger partial charge >= 0.3 is 0 Å². The second kappa shape index (κ2) is 9.64. The van der Waals surface area contributed by atoms with E-state index in [0.717, 1.165) is 38.8 Å². The number of carbonyl (C=O) groups is 1. The van der Waals surface area contributed by atoms with Gasteiger partial charge in [-0.2, -0.15) is 0 Å². The molecule has 3 rings (SSSR count). The van der Waals surface area contributed by atoms with Crippen molar-refractivity contribution in [1.29, 1.82) is 0 Å².